The van der Waals surface area contributed by atoms with Crippen LogP contribution in [0.25, 0.3) is 0 Å². The average Bonchev–Trinajstić information content (AvgIpc) is 2.41. The summed E-state index contributed by atoms with van der Waals surface area (Å²) in [5, 5.41) is 0. The largest absolute Gasteiger partial charge is 0.449 e. The standard InChI is InChI=1S/C15H15NO2/c1-9-7-11(8-16)10(2)15-14(9)17-12-5-3-4-6-13(12)18-15/h3-7H,8,16H2,1-2H3. The van der Waals surface area contributed by atoms with E-state index in [1.807, 2.05) is 38.1 Å². The quantitative estimate of drug-likeness (QED) is 0.707. The van der Waals surface area contributed by atoms with Crippen molar-refractivity contribution in [2.45, 2.75) is 20.4 Å². The van der Waals surface area contributed by atoms with Crippen LogP contribution in [-0.4, -0.2) is 0 Å². The molecular weight excluding hydrogens is 226 g/mol. The molecule has 0 atom stereocenters. The summed E-state index contributed by atoms with van der Waals surface area (Å²) in [6, 6.07) is 9.74. The van der Waals surface area contributed by atoms with Crippen molar-refractivity contribution in [2.75, 3.05) is 0 Å². The highest BCUT2D eigenvalue weighted by Gasteiger charge is 2.23. The molecule has 0 aromatic heterocycles. The number of ether oxygens (including phenoxy) is 2. The lowest BCUT2D eigenvalue weighted by atomic mass is 10.0. The molecule has 0 radical (unpaired) electrons. The first-order valence-electron chi connectivity index (χ1n) is 5.98. The van der Waals surface area contributed by atoms with Gasteiger partial charge in [-0.25, -0.2) is 0 Å². The highest BCUT2D eigenvalue weighted by atomic mass is 16.6. The lowest BCUT2D eigenvalue weighted by Crippen LogP contribution is -2.06. The molecule has 2 aromatic carbocycles. The second kappa shape index (κ2) is 4.03. The summed E-state index contributed by atoms with van der Waals surface area (Å²) in [5.41, 5.74) is 8.94. The Morgan fingerprint density at radius 2 is 1.61 bits per heavy atom. The third-order valence-corrected chi connectivity index (χ3v) is 3.27. The topological polar surface area (TPSA) is 44.5 Å². The van der Waals surface area contributed by atoms with Gasteiger partial charge in [0.15, 0.2) is 23.0 Å². The average molecular weight is 241 g/mol. The summed E-state index contributed by atoms with van der Waals surface area (Å²) >= 11 is 0. The maximum absolute atomic E-state index is 5.95. The molecule has 3 rings (SSSR count). The first-order chi connectivity index (χ1) is 8.70. The third-order valence-electron chi connectivity index (χ3n) is 3.27. The molecule has 18 heavy (non-hydrogen) atoms. The zero-order valence-electron chi connectivity index (χ0n) is 10.5. The monoisotopic (exact) mass is 241 g/mol. The molecule has 92 valence electrons. The molecule has 1 heterocycles. The molecule has 0 amide bonds. The molecule has 1 aliphatic rings. The summed E-state index contributed by atoms with van der Waals surface area (Å²) < 4.78 is 11.9. The van der Waals surface area contributed by atoms with Crippen molar-refractivity contribution >= 4 is 0 Å². The molecule has 3 heteroatoms. The Morgan fingerprint density at radius 1 is 1.00 bits per heavy atom. The summed E-state index contributed by atoms with van der Waals surface area (Å²) in [5.74, 6) is 3.09. The fourth-order valence-electron chi connectivity index (χ4n) is 2.23. The highest BCUT2D eigenvalue weighted by molar-refractivity contribution is 5.61. The third kappa shape index (κ3) is 1.56. The van der Waals surface area contributed by atoms with Gasteiger partial charge in [-0.2, -0.15) is 0 Å². The Morgan fingerprint density at radius 3 is 2.22 bits per heavy atom. The molecule has 0 aliphatic carbocycles. The van der Waals surface area contributed by atoms with E-state index in [4.69, 9.17) is 15.2 Å². The van der Waals surface area contributed by atoms with Crippen LogP contribution in [0.5, 0.6) is 23.0 Å². The van der Waals surface area contributed by atoms with Crippen LogP contribution >= 0.6 is 0 Å². The van der Waals surface area contributed by atoms with Gasteiger partial charge in [-0.1, -0.05) is 18.2 Å². The SMILES string of the molecule is Cc1cc(CN)c(C)c2c1Oc1ccccc1O2. The van der Waals surface area contributed by atoms with E-state index in [1.54, 1.807) is 0 Å². The smallest absolute Gasteiger partial charge is 0.173 e. The lowest BCUT2D eigenvalue weighted by molar-refractivity contribution is 0.355. The predicted molar refractivity (Wildman–Crippen MR) is 70.4 cm³/mol. The molecule has 1 aliphatic heterocycles. The van der Waals surface area contributed by atoms with Crippen LogP contribution in [0.15, 0.2) is 30.3 Å². The van der Waals surface area contributed by atoms with Crippen molar-refractivity contribution in [2.24, 2.45) is 5.73 Å². The molecule has 0 saturated carbocycles. The number of rotatable bonds is 1. The maximum atomic E-state index is 5.95. The molecule has 0 spiro atoms. The Balaban J connectivity index is 2.18. The Kier molecular flexibility index (Phi) is 2.49. The summed E-state index contributed by atoms with van der Waals surface area (Å²) in [6.07, 6.45) is 0. The molecular formula is C15H15NO2. The van der Waals surface area contributed by atoms with E-state index >= 15 is 0 Å². The van der Waals surface area contributed by atoms with E-state index in [9.17, 15) is 0 Å². The van der Waals surface area contributed by atoms with E-state index < -0.39 is 0 Å². The minimum absolute atomic E-state index is 0.505. The molecule has 0 bridgehead atoms. The Labute approximate surface area is 106 Å². The number of para-hydroxylation sites is 2. The van der Waals surface area contributed by atoms with Crippen molar-refractivity contribution in [3.63, 3.8) is 0 Å². The van der Waals surface area contributed by atoms with Gasteiger partial charge < -0.3 is 15.2 Å². The van der Waals surface area contributed by atoms with E-state index in [0.717, 1.165) is 39.7 Å². The van der Waals surface area contributed by atoms with Crippen LogP contribution in [0.2, 0.25) is 0 Å². The number of hydrogen-bond acceptors (Lipinski definition) is 3. The van der Waals surface area contributed by atoms with Gasteiger partial charge in [0.25, 0.3) is 0 Å². The fourth-order valence-corrected chi connectivity index (χ4v) is 2.23. The number of hydrogen-bond donors (Lipinski definition) is 1. The number of fused-ring (bicyclic) bond motifs is 2. The van der Waals surface area contributed by atoms with E-state index in [-0.39, 0.29) is 0 Å². The van der Waals surface area contributed by atoms with Crippen LogP contribution < -0.4 is 15.2 Å². The number of aryl methyl sites for hydroxylation is 1. The normalized spacial score (nSPS) is 12.2. The zero-order chi connectivity index (χ0) is 12.7. The molecule has 3 nitrogen and oxygen atoms in total. The minimum atomic E-state index is 0.505. The second-order valence-corrected chi connectivity index (χ2v) is 4.49. The zero-order valence-corrected chi connectivity index (χ0v) is 10.5. The Hall–Kier alpha value is -2.00. The van der Waals surface area contributed by atoms with Gasteiger partial charge in [0, 0.05) is 12.1 Å². The summed E-state index contributed by atoms with van der Waals surface area (Å²) in [4.78, 5) is 0. The molecule has 0 fully saturated rings. The number of benzene rings is 2. The van der Waals surface area contributed by atoms with E-state index in [1.165, 1.54) is 0 Å². The van der Waals surface area contributed by atoms with Crippen molar-refractivity contribution in [1.29, 1.82) is 0 Å². The Bertz CT molecular complexity index is 620. The lowest BCUT2D eigenvalue weighted by Gasteiger charge is -2.24. The molecule has 0 saturated heterocycles. The molecule has 2 aromatic rings. The van der Waals surface area contributed by atoms with Crippen LogP contribution in [-0.2, 0) is 6.54 Å². The van der Waals surface area contributed by atoms with Gasteiger partial charge in [-0.3, -0.25) is 0 Å². The van der Waals surface area contributed by atoms with E-state index in [0.29, 0.717) is 6.54 Å². The van der Waals surface area contributed by atoms with Crippen LogP contribution in [0, 0.1) is 13.8 Å². The predicted octanol–water partition coefficient (Wildman–Crippen LogP) is 3.66. The van der Waals surface area contributed by atoms with Crippen LogP contribution in [0.4, 0.5) is 0 Å². The molecule has 2 N–H and O–H groups in total. The highest BCUT2D eigenvalue weighted by Crippen LogP contribution is 2.48. The number of nitrogens with two attached hydrogens (primary N) is 1. The first kappa shape index (κ1) is 11.1. The minimum Gasteiger partial charge on any atom is -0.449 e. The summed E-state index contributed by atoms with van der Waals surface area (Å²) in [7, 11) is 0. The van der Waals surface area contributed by atoms with Gasteiger partial charge in [-0.05, 0) is 37.1 Å². The van der Waals surface area contributed by atoms with Gasteiger partial charge in [0.1, 0.15) is 0 Å². The van der Waals surface area contributed by atoms with E-state index in [2.05, 4.69) is 6.07 Å². The van der Waals surface area contributed by atoms with Crippen LogP contribution in [0.3, 0.4) is 0 Å². The van der Waals surface area contributed by atoms with Crippen molar-refractivity contribution in [3.8, 4) is 23.0 Å². The molecule has 0 unspecified atom stereocenters. The van der Waals surface area contributed by atoms with Gasteiger partial charge >= 0.3 is 0 Å². The first-order valence-corrected chi connectivity index (χ1v) is 5.98. The van der Waals surface area contributed by atoms with Crippen molar-refractivity contribution in [3.05, 3.63) is 47.0 Å². The fraction of sp³-hybridized carbons (Fsp3) is 0.200. The maximum Gasteiger partial charge on any atom is 0.173 e. The van der Waals surface area contributed by atoms with Crippen molar-refractivity contribution in [1.82, 2.24) is 0 Å². The van der Waals surface area contributed by atoms with Crippen molar-refractivity contribution < 1.29 is 9.47 Å². The summed E-state index contributed by atoms with van der Waals surface area (Å²) in [6.45, 7) is 4.53. The van der Waals surface area contributed by atoms with Gasteiger partial charge in [-0.15, -0.1) is 0 Å². The van der Waals surface area contributed by atoms with Gasteiger partial charge in [0.05, 0.1) is 0 Å². The van der Waals surface area contributed by atoms with Gasteiger partial charge in [0.2, 0.25) is 0 Å². The second-order valence-electron chi connectivity index (χ2n) is 4.49. The van der Waals surface area contributed by atoms with Crippen LogP contribution in [0.1, 0.15) is 16.7 Å².